The fraction of sp³-hybridized carbons (Fsp3) is 1.00. The highest BCUT2D eigenvalue weighted by atomic mass is 32.2. The van der Waals surface area contributed by atoms with E-state index in [4.69, 9.17) is 9.66 Å². The zero-order chi connectivity index (χ0) is 11.2. The summed E-state index contributed by atoms with van der Waals surface area (Å²) in [7, 11) is -3.90. The molecule has 0 heterocycles. The second kappa shape index (κ2) is 6.34. The molecule has 0 aliphatic heterocycles. The Bertz CT molecular complexity index is 238. The Morgan fingerprint density at radius 3 is 2.29 bits per heavy atom. The minimum atomic E-state index is -3.90. The number of aliphatic hydroxyl groups is 1. The Kier molecular flexibility index (Phi) is 6.26. The van der Waals surface area contributed by atoms with Crippen LogP contribution in [0.3, 0.4) is 0 Å². The van der Waals surface area contributed by atoms with Gasteiger partial charge in [0.15, 0.2) is 0 Å². The van der Waals surface area contributed by atoms with Gasteiger partial charge in [-0.1, -0.05) is 13.8 Å². The Morgan fingerprint density at radius 1 is 1.36 bits per heavy atom. The standard InChI is InChI=1S/C8H19NO4S/c1-7(2)5-8(6-10)9-3-4-14(11,12)13/h7-10H,3-6H2,1-2H3,(H,11,12,13). The molecule has 0 amide bonds. The summed E-state index contributed by atoms with van der Waals surface area (Å²) in [5, 5.41) is 11.8. The summed E-state index contributed by atoms with van der Waals surface area (Å²) in [6, 6.07) is -0.100. The van der Waals surface area contributed by atoms with Crippen molar-refractivity contribution in [1.29, 1.82) is 0 Å². The maximum atomic E-state index is 10.4. The molecular formula is C8H19NO4S. The zero-order valence-corrected chi connectivity index (χ0v) is 9.42. The lowest BCUT2D eigenvalue weighted by atomic mass is 10.0. The molecule has 1 unspecified atom stereocenters. The van der Waals surface area contributed by atoms with Crippen molar-refractivity contribution in [3.63, 3.8) is 0 Å². The summed E-state index contributed by atoms with van der Waals surface area (Å²) in [5.41, 5.74) is 0. The highest BCUT2D eigenvalue weighted by molar-refractivity contribution is 7.85. The van der Waals surface area contributed by atoms with Crippen LogP contribution in [0.4, 0.5) is 0 Å². The molecule has 0 saturated carbocycles. The SMILES string of the molecule is CC(C)CC(CO)NCCS(=O)(=O)O. The predicted octanol–water partition coefficient (Wildman–Crippen LogP) is -0.129. The van der Waals surface area contributed by atoms with Crippen LogP contribution in [0.1, 0.15) is 20.3 Å². The summed E-state index contributed by atoms with van der Waals surface area (Å²) in [6.45, 7) is 4.18. The Balaban J connectivity index is 3.74. The first-order chi connectivity index (χ1) is 6.35. The molecule has 0 aromatic rings. The van der Waals surface area contributed by atoms with Crippen molar-refractivity contribution in [1.82, 2.24) is 5.32 Å². The van der Waals surface area contributed by atoms with Crippen LogP contribution < -0.4 is 5.32 Å². The van der Waals surface area contributed by atoms with Crippen LogP contribution in [0.15, 0.2) is 0 Å². The fourth-order valence-electron chi connectivity index (χ4n) is 1.18. The molecule has 5 nitrogen and oxygen atoms in total. The molecule has 0 saturated heterocycles. The van der Waals surface area contributed by atoms with Gasteiger partial charge in [0.1, 0.15) is 0 Å². The van der Waals surface area contributed by atoms with Crippen molar-refractivity contribution in [3.8, 4) is 0 Å². The van der Waals surface area contributed by atoms with Crippen LogP contribution in [-0.2, 0) is 10.1 Å². The molecule has 1 atom stereocenters. The van der Waals surface area contributed by atoms with Crippen molar-refractivity contribution in [2.24, 2.45) is 5.92 Å². The molecule has 3 N–H and O–H groups in total. The average molecular weight is 225 g/mol. The van der Waals surface area contributed by atoms with Gasteiger partial charge >= 0.3 is 0 Å². The van der Waals surface area contributed by atoms with E-state index in [-0.39, 0.29) is 24.9 Å². The fourth-order valence-corrected chi connectivity index (χ4v) is 1.56. The van der Waals surface area contributed by atoms with E-state index in [9.17, 15) is 8.42 Å². The number of aliphatic hydroxyl groups excluding tert-OH is 1. The van der Waals surface area contributed by atoms with Crippen LogP contribution in [0.2, 0.25) is 0 Å². The van der Waals surface area contributed by atoms with E-state index in [2.05, 4.69) is 5.32 Å². The van der Waals surface area contributed by atoms with Gasteiger partial charge in [0.05, 0.1) is 12.4 Å². The van der Waals surface area contributed by atoms with Crippen LogP contribution >= 0.6 is 0 Å². The van der Waals surface area contributed by atoms with Gasteiger partial charge in [-0.25, -0.2) is 0 Å². The summed E-state index contributed by atoms with van der Waals surface area (Å²) >= 11 is 0. The van der Waals surface area contributed by atoms with E-state index < -0.39 is 10.1 Å². The number of hydrogen-bond donors (Lipinski definition) is 3. The molecule has 6 heteroatoms. The maximum Gasteiger partial charge on any atom is 0.266 e. The highest BCUT2D eigenvalue weighted by Crippen LogP contribution is 2.03. The van der Waals surface area contributed by atoms with Crippen LogP contribution in [0.5, 0.6) is 0 Å². The largest absolute Gasteiger partial charge is 0.395 e. The first-order valence-electron chi connectivity index (χ1n) is 4.64. The van der Waals surface area contributed by atoms with E-state index in [1.807, 2.05) is 13.8 Å². The minimum absolute atomic E-state index is 0.0242. The molecule has 0 spiro atoms. The van der Waals surface area contributed by atoms with Crippen LogP contribution in [0.25, 0.3) is 0 Å². The Morgan fingerprint density at radius 2 is 1.93 bits per heavy atom. The average Bonchev–Trinajstić information content (AvgIpc) is 1.99. The van der Waals surface area contributed by atoms with Crippen molar-refractivity contribution in [2.75, 3.05) is 18.9 Å². The smallest absolute Gasteiger partial charge is 0.266 e. The first-order valence-corrected chi connectivity index (χ1v) is 6.25. The van der Waals surface area contributed by atoms with E-state index in [0.717, 1.165) is 6.42 Å². The van der Waals surface area contributed by atoms with Gasteiger partial charge in [-0.3, -0.25) is 4.55 Å². The van der Waals surface area contributed by atoms with Crippen molar-refractivity contribution in [3.05, 3.63) is 0 Å². The molecule has 0 aliphatic carbocycles. The molecule has 0 aromatic heterocycles. The third kappa shape index (κ3) is 8.43. The summed E-state index contributed by atoms with van der Waals surface area (Å²) in [6.07, 6.45) is 0.780. The lowest BCUT2D eigenvalue weighted by Gasteiger charge is -2.17. The summed E-state index contributed by atoms with van der Waals surface area (Å²) in [4.78, 5) is 0. The Labute approximate surface area is 85.3 Å². The van der Waals surface area contributed by atoms with Gasteiger partial charge < -0.3 is 10.4 Å². The first kappa shape index (κ1) is 13.8. The summed E-state index contributed by atoms with van der Waals surface area (Å²) < 4.78 is 29.2. The summed E-state index contributed by atoms with van der Waals surface area (Å²) in [5.74, 6) is 0.118. The topological polar surface area (TPSA) is 86.6 Å². The molecule has 0 radical (unpaired) electrons. The molecule has 86 valence electrons. The van der Waals surface area contributed by atoms with Crippen LogP contribution in [-0.4, -0.2) is 43.0 Å². The third-order valence-electron chi connectivity index (χ3n) is 1.77. The van der Waals surface area contributed by atoms with E-state index >= 15 is 0 Å². The zero-order valence-electron chi connectivity index (χ0n) is 8.60. The van der Waals surface area contributed by atoms with E-state index in [0.29, 0.717) is 5.92 Å². The second-order valence-electron chi connectivity index (χ2n) is 3.75. The van der Waals surface area contributed by atoms with Crippen LogP contribution in [0, 0.1) is 5.92 Å². The highest BCUT2D eigenvalue weighted by Gasteiger charge is 2.10. The Hall–Kier alpha value is -0.170. The minimum Gasteiger partial charge on any atom is -0.395 e. The quantitative estimate of drug-likeness (QED) is 0.525. The van der Waals surface area contributed by atoms with Gasteiger partial charge in [0, 0.05) is 12.6 Å². The van der Waals surface area contributed by atoms with Gasteiger partial charge in [0.2, 0.25) is 0 Å². The lowest BCUT2D eigenvalue weighted by Crippen LogP contribution is -2.36. The van der Waals surface area contributed by atoms with E-state index in [1.54, 1.807) is 0 Å². The van der Waals surface area contributed by atoms with Gasteiger partial charge in [0.25, 0.3) is 10.1 Å². The van der Waals surface area contributed by atoms with Crippen molar-refractivity contribution >= 4 is 10.1 Å². The lowest BCUT2D eigenvalue weighted by molar-refractivity contribution is 0.226. The predicted molar refractivity (Wildman–Crippen MR) is 54.7 cm³/mol. The van der Waals surface area contributed by atoms with Crippen molar-refractivity contribution in [2.45, 2.75) is 26.3 Å². The molecule has 0 bridgehead atoms. The second-order valence-corrected chi connectivity index (χ2v) is 5.32. The number of rotatable bonds is 7. The van der Waals surface area contributed by atoms with Crippen molar-refractivity contribution < 1.29 is 18.1 Å². The molecule has 0 rings (SSSR count). The maximum absolute atomic E-state index is 10.4. The van der Waals surface area contributed by atoms with E-state index in [1.165, 1.54) is 0 Å². The molecular weight excluding hydrogens is 206 g/mol. The van der Waals surface area contributed by atoms with Gasteiger partial charge in [-0.15, -0.1) is 0 Å². The molecule has 0 aromatic carbocycles. The molecule has 0 aliphatic rings. The molecule has 14 heavy (non-hydrogen) atoms. The molecule has 0 fully saturated rings. The monoisotopic (exact) mass is 225 g/mol. The number of hydrogen-bond acceptors (Lipinski definition) is 4. The third-order valence-corrected chi connectivity index (χ3v) is 2.49. The normalized spacial score (nSPS) is 14.6. The van der Waals surface area contributed by atoms with Gasteiger partial charge in [-0.05, 0) is 12.3 Å². The van der Waals surface area contributed by atoms with Gasteiger partial charge in [-0.2, -0.15) is 8.42 Å². The number of nitrogens with one attached hydrogen (secondary N) is 1.